The summed E-state index contributed by atoms with van der Waals surface area (Å²) in [6.45, 7) is 0.356. The molecular weight excluding hydrogens is 420 g/mol. The van der Waals surface area contributed by atoms with E-state index in [1.807, 2.05) is 14.1 Å². The molecular formula is C15H16ClN10O4+. The molecule has 30 heavy (non-hydrogen) atoms. The fourth-order valence-electron chi connectivity index (χ4n) is 2.45. The van der Waals surface area contributed by atoms with Gasteiger partial charge in [0.25, 0.3) is 11.6 Å². The van der Waals surface area contributed by atoms with Crippen LogP contribution in [0, 0.1) is 10.1 Å². The quantitative estimate of drug-likeness (QED) is 0.243. The molecule has 15 heteroatoms. The second-order valence-corrected chi connectivity index (χ2v) is 6.73. The normalized spacial score (nSPS) is 11.3. The first-order valence-corrected chi connectivity index (χ1v) is 8.75. The Morgan fingerprint density at radius 1 is 1.47 bits per heavy atom. The van der Waals surface area contributed by atoms with Crippen molar-refractivity contribution >= 4 is 35.2 Å². The summed E-state index contributed by atoms with van der Waals surface area (Å²) in [6.07, 6.45) is 1.24. The summed E-state index contributed by atoms with van der Waals surface area (Å²) in [7, 11) is 3.74. The molecule has 3 aromatic rings. The highest BCUT2D eigenvalue weighted by Crippen LogP contribution is 2.24. The maximum atomic E-state index is 12.6. The van der Waals surface area contributed by atoms with Crippen molar-refractivity contribution in [1.82, 2.24) is 30.7 Å². The lowest BCUT2D eigenvalue weighted by atomic mass is 10.2. The number of hydrogen-bond donors (Lipinski definition) is 3. The van der Waals surface area contributed by atoms with E-state index in [0.29, 0.717) is 17.8 Å². The molecule has 0 saturated carbocycles. The number of benzene rings is 1. The minimum atomic E-state index is -0.646. The lowest BCUT2D eigenvalue weighted by Crippen LogP contribution is -3.04. The first kappa shape index (κ1) is 20.8. The zero-order chi connectivity index (χ0) is 21.8. The molecule has 0 atom stereocenters. The third-order valence-electron chi connectivity index (χ3n) is 3.74. The monoisotopic (exact) mass is 435 g/mol. The zero-order valence-electron chi connectivity index (χ0n) is 15.7. The van der Waals surface area contributed by atoms with Gasteiger partial charge in [-0.25, -0.2) is 10.1 Å². The Bertz CT molecular complexity index is 1120. The van der Waals surface area contributed by atoms with Crippen LogP contribution in [0.3, 0.4) is 0 Å². The van der Waals surface area contributed by atoms with Crippen LogP contribution >= 0.6 is 11.6 Å². The van der Waals surface area contributed by atoms with E-state index in [1.54, 1.807) is 0 Å². The summed E-state index contributed by atoms with van der Waals surface area (Å²) in [5.74, 6) is -0.550. The number of nitro benzene ring substituents is 1. The van der Waals surface area contributed by atoms with Gasteiger partial charge in [-0.15, -0.1) is 5.10 Å². The number of carbonyl (C=O) groups excluding carboxylic acids is 1. The molecule has 0 saturated heterocycles. The minimum absolute atomic E-state index is 0.00200. The molecule has 1 amide bonds. The molecule has 156 valence electrons. The topological polar surface area (TPSA) is 185 Å². The van der Waals surface area contributed by atoms with Crippen LogP contribution in [0.15, 0.2) is 27.9 Å². The summed E-state index contributed by atoms with van der Waals surface area (Å²) in [5, 5.41) is 29.7. The van der Waals surface area contributed by atoms with Crippen LogP contribution in [0.25, 0.3) is 5.82 Å². The van der Waals surface area contributed by atoms with Gasteiger partial charge in [0, 0.05) is 11.6 Å². The number of hydrazone groups is 1. The van der Waals surface area contributed by atoms with Crippen molar-refractivity contribution in [2.45, 2.75) is 6.54 Å². The molecule has 3 rings (SSSR count). The van der Waals surface area contributed by atoms with Gasteiger partial charge in [0.05, 0.1) is 25.2 Å². The molecule has 0 radical (unpaired) electrons. The number of halogens is 1. The third kappa shape index (κ3) is 4.39. The van der Waals surface area contributed by atoms with Crippen LogP contribution in [0.4, 0.5) is 11.5 Å². The predicted octanol–water partition coefficient (Wildman–Crippen LogP) is -0.797. The Balaban J connectivity index is 1.83. The predicted molar refractivity (Wildman–Crippen MR) is 103 cm³/mol. The number of nitrogens with zero attached hydrogens (tertiary/aromatic N) is 7. The number of nitrogens with one attached hydrogen (secondary N) is 2. The molecule has 2 heterocycles. The second-order valence-electron chi connectivity index (χ2n) is 6.32. The summed E-state index contributed by atoms with van der Waals surface area (Å²) < 4.78 is 5.84. The molecule has 4 N–H and O–H groups in total. The van der Waals surface area contributed by atoms with Crippen LogP contribution in [0.2, 0.25) is 5.02 Å². The second kappa shape index (κ2) is 8.62. The lowest BCUT2D eigenvalue weighted by molar-refractivity contribution is -0.873. The van der Waals surface area contributed by atoms with Crippen LogP contribution in [-0.2, 0) is 6.54 Å². The van der Waals surface area contributed by atoms with Crippen molar-refractivity contribution < 1.29 is 19.2 Å². The Kier molecular flexibility index (Phi) is 5.98. The van der Waals surface area contributed by atoms with Crippen LogP contribution in [0.5, 0.6) is 0 Å². The van der Waals surface area contributed by atoms with Crippen molar-refractivity contribution in [2.75, 3.05) is 19.8 Å². The number of amides is 1. The van der Waals surface area contributed by atoms with Crippen LogP contribution in [-0.4, -0.2) is 56.4 Å². The SMILES string of the molecule is C[NH+](C)Cc1c(C(=O)N/N=C\c2ccc(Cl)c([N+](=O)[O-])c2)nnn1-c1nonc1N. The van der Waals surface area contributed by atoms with E-state index in [9.17, 15) is 14.9 Å². The van der Waals surface area contributed by atoms with E-state index in [4.69, 9.17) is 17.3 Å². The largest absolute Gasteiger partial charge is 0.378 e. The van der Waals surface area contributed by atoms with Gasteiger partial charge in [0.2, 0.25) is 11.6 Å². The molecule has 0 aliphatic heterocycles. The number of nitrogen functional groups attached to an aromatic ring is 1. The standard InChI is InChI=1S/C15H15ClN10O4/c1-24(2)7-11-12(19-23-25(11)14-13(17)21-30-22-14)15(27)20-18-6-8-3-4-9(16)10(5-8)26(28)29/h3-6H,7H2,1-2H3,(H2,17,21)(H,20,27)/p+1/b18-6-. The molecule has 0 spiro atoms. The molecule has 1 aromatic carbocycles. The Morgan fingerprint density at radius 3 is 2.87 bits per heavy atom. The van der Waals surface area contributed by atoms with Gasteiger partial charge < -0.3 is 10.6 Å². The van der Waals surface area contributed by atoms with E-state index in [-0.39, 0.29) is 28.0 Å². The maximum absolute atomic E-state index is 12.6. The van der Waals surface area contributed by atoms with Crippen LogP contribution < -0.4 is 16.1 Å². The van der Waals surface area contributed by atoms with Gasteiger partial charge in [-0.05, 0) is 16.4 Å². The van der Waals surface area contributed by atoms with Gasteiger partial charge in [-0.3, -0.25) is 14.9 Å². The number of carbonyl (C=O) groups is 1. The average molecular weight is 436 g/mol. The fourth-order valence-corrected chi connectivity index (χ4v) is 2.63. The van der Waals surface area contributed by atoms with Crippen molar-refractivity contribution in [3.05, 3.63) is 50.3 Å². The van der Waals surface area contributed by atoms with Gasteiger partial charge in [-0.2, -0.15) is 9.78 Å². The highest BCUT2D eigenvalue weighted by molar-refractivity contribution is 6.32. The zero-order valence-corrected chi connectivity index (χ0v) is 16.5. The number of aromatic nitrogens is 5. The van der Waals surface area contributed by atoms with Gasteiger partial charge >= 0.3 is 0 Å². The summed E-state index contributed by atoms with van der Waals surface area (Å²) in [4.78, 5) is 23.9. The minimum Gasteiger partial charge on any atom is -0.378 e. The van der Waals surface area contributed by atoms with E-state index in [2.05, 4.69) is 35.8 Å². The van der Waals surface area contributed by atoms with E-state index in [0.717, 1.165) is 4.90 Å². The number of hydrogen-bond acceptors (Lipinski definition) is 10. The number of nitrogens with two attached hydrogens (primary N) is 1. The van der Waals surface area contributed by atoms with Crippen LogP contribution in [0.1, 0.15) is 21.7 Å². The smallest absolute Gasteiger partial charge is 0.294 e. The Morgan fingerprint density at radius 2 is 2.23 bits per heavy atom. The van der Waals surface area contributed by atoms with Gasteiger partial charge in [-0.1, -0.05) is 22.9 Å². The summed E-state index contributed by atoms with van der Waals surface area (Å²) in [5.41, 5.74) is 8.52. The molecule has 2 aromatic heterocycles. The number of rotatable bonds is 7. The van der Waals surface area contributed by atoms with Crippen molar-refractivity contribution in [2.24, 2.45) is 5.10 Å². The van der Waals surface area contributed by atoms with Crippen molar-refractivity contribution in [3.8, 4) is 5.82 Å². The number of anilines is 1. The molecule has 0 aliphatic carbocycles. The maximum Gasteiger partial charge on any atom is 0.294 e. The number of nitro groups is 1. The average Bonchev–Trinajstić information content (AvgIpc) is 3.28. The molecule has 0 aliphatic rings. The van der Waals surface area contributed by atoms with E-state index < -0.39 is 10.8 Å². The lowest BCUT2D eigenvalue weighted by Gasteiger charge is -2.08. The van der Waals surface area contributed by atoms with Gasteiger partial charge in [0.1, 0.15) is 17.3 Å². The molecule has 14 nitrogen and oxygen atoms in total. The van der Waals surface area contributed by atoms with Crippen molar-refractivity contribution in [1.29, 1.82) is 0 Å². The number of quaternary nitrogens is 1. The molecule has 0 unspecified atom stereocenters. The third-order valence-corrected chi connectivity index (χ3v) is 4.06. The van der Waals surface area contributed by atoms with E-state index >= 15 is 0 Å². The first-order valence-electron chi connectivity index (χ1n) is 8.37. The van der Waals surface area contributed by atoms with E-state index in [1.165, 1.54) is 29.1 Å². The highest BCUT2D eigenvalue weighted by atomic mass is 35.5. The first-order chi connectivity index (χ1) is 14.3. The summed E-state index contributed by atoms with van der Waals surface area (Å²) in [6, 6.07) is 4.11. The Hall–Kier alpha value is -3.91. The Labute approximate surface area is 173 Å². The molecule has 0 bridgehead atoms. The fraction of sp³-hybridized carbons (Fsp3) is 0.200. The molecule has 0 fully saturated rings. The highest BCUT2D eigenvalue weighted by Gasteiger charge is 2.25. The van der Waals surface area contributed by atoms with Gasteiger partial charge in [0.15, 0.2) is 5.69 Å². The van der Waals surface area contributed by atoms with Crippen molar-refractivity contribution in [3.63, 3.8) is 0 Å². The summed E-state index contributed by atoms with van der Waals surface area (Å²) >= 11 is 5.77.